The Balaban J connectivity index is 1.38. The Morgan fingerprint density at radius 3 is 2.77 bits per heavy atom. The van der Waals surface area contributed by atoms with Crippen LogP contribution in [-0.2, 0) is 21.7 Å². The van der Waals surface area contributed by atoms with E-state index in [1.165, 1.54) is 21.7 Å². The van der Waals surface area contributed by atoms with Crippen molar-refractivity contribution >= 4 is 21.8 Å². The minimum absolute atomic E-state index is 0.0329. The van der Waals surface area contributed by atoms with Crippen molar-refractivity contribution in [2.24, 2.45) is 7.05 Å². The molecule has 26 heavy (non-hydrogen) atoms. The predicted molar refractivity (Wildman–Crippen MR) is 92.4 cm³/mol. The van der Waals surface area contributed by atoms with E-state index in [1.54, 1.807) is 31.5 Å². The first kappa shape index (κ1) is 16.6. The molecule has 0 unspecified atom stereocenters. The maximum absolute atomic E-state index is 12.5. The molecule has 1 fully saturated rings. The minimum Gasteiger partial charge on any atom is -0.454 e. The summed E-state index contributed by atoms with van der Waals surface area (Å²) in [5.41, 5.74) is 0.806. The van der Waals surface area contributed by atoms with E-state index in [0.717, 1.165) is 5.56 Å². The predicted octanol–water partition coefficient (Wildman–Crippen LogP) is 0.847. The summed E-state index contributed by atoms with van der Waals surface area (Å²) in [7, 11) is -1.89. The minimum atomic E-state index is -3.53. The molecule has 2 aliphatic heterocycles. The number of benzene rings is 1. The summed E-state index contributed by atoms with van der Waals surface area (Å²) in [6.07, 6.45) is 6.14. The van der Waals surface area contributed by atoms with Crippen molar-refractivity contribution in [2.45, 2.75) is 10.4 Å². The van der Waals surface area contributed by atoms with E-state index in [2.05, 4.69) is 4.98 Å². The SMILES string of the molecule is Cn1ccnc1S(=O)(=O)C1CN(C(=O)/C=C/c2ccc3c(c2)OCO3)C1. The van der Waals surface area contributed by atoms with Crippen LogP contribution in [0.25, 0.3) is 6.08 Å². The molecule has 1 amide bonds. The topological polar surface area (TPSA) is 90.7 Å². The number of fused-ring (bicyclic) bond motifs is 1. The number of hydrogen-bond donors (Lipinski definition) is 0. The van der Waals surface area contributed by atoms with Crippen molar-refractivity contribution in [2.75, 3.05) is 19.9 Å². The number of aromatic nitrogens is 2. The van der Waals surface area contributed by atoms with Gasteiger partial charge >= 0.3 is 0 Å². The largest absolute Gasteiger partial charge is 0.454 e. The molecule has 3 heterocycles. The summed E-state index contributed by atoms with van der Waals surface area (Å²) in [6, 6.07) is 5.39. The molecule has 2 aromatic rings. The van der Waals surface area contributed by atoms with Gasteiger partial charge in [0.2, 0.25) is 27.7 Å². The van der Waals surface area contributed by atoms with E-state index in [1.807, 2.05) is 6.07 Å². The van der Waals surface area contributed by atoms with Gasteiger partial charge in [-0.3, -0.25) is 4.79 Å². The molecule has 1 saturated heterocycles. The van der Waals surface area contributed by atoms with Crippen LogP contribution >= 0.6 is 0 Å². The molecule has 9 heteroatoms. The quantitative estimate of drug-likeness (QED) is 0.736. The molecule has 0 bridgehead atoms. The molecule has 4 rings (SSSR count). The standard InChI is InChI=1S/C17H17N3O5S/c1-19-7-6-18-17(19)26(22,23)13-9-20(10-13)16(21)5-3-12-2-4-14-15(8-12)25-11-24-14/h2-8,13H,9-11H2,1H3/b5-3+. The van der Waals surface area contributed by atoms with Crippen LogP contribution in [0, 0.1) is 0 Å². The molecule has 0 N–H and O–H groups in total. The Morgan fingerprint density at radius 2 is 2.04 bits per heavy atom. The van der Waals surface area contributed by atoms with Crippen LogP contribution in [0.4, 0.5) is 0 Å². The first-order chi connectivity index (χ1) is 12.4. The third-order valence-electron chi connectivity index (χ3n) is 4.44. The maximum atomic E-state index is 12.5. The Kier molecular flexibility index (Phi) is 3.95. The zero-order chi connectivity index (χ0) is 18.3. The van der Waals surface area contributed by atoms with Crippen LogP contribution < -0.4 is 9.47 Å². The van der Waals surface area contributed by atoms with Crippen LogP contribution in [0.1, 0.15) is 5.56 Å². The van der Waals surface area contributed by atoms with E-state index in [9.17, 15) is 13.2 Å². The zero-order valence-corrected chi connectivity index (χ0v) is 14.8. The summed E-state index contributed by atoms with van der Waals surface area (Å²) in [6.45, 7) is 0.528. The third-order valence-corrected chi connectivity index (χ3v) is 6.52. The first-order valence-corrected chi connectivity index (χ1v) is 9.57. The Labute approximate surface area is 150 Å². The number of aryl methyl sites for hydroxylation is 1. The molecule has 2 aliphatic rings. The zero-order valence-electron chi connectivity index (χ0n) is 14.0. The summed E-state index contributed by atoms with van der Waals surface area (Å²) < 4.78 is 37.0. The molecule has 0 spiro atoms. The number of imidazole rings is 1. The second kappa shape index (κ2) is 6.17. The van der Waals surface area contributed by atoms with Gasteiger partial charge < -0.3 is 18.9 Å². The lowest BCUT2D eigenvalue weighted by Crippen LogP contribution is -2.56. The monoisotopic (exact) mass is 375 g/mol. The molecule has 0 radical (unpaired) electrons. The van der Waals surface area contributed by atoms with Crippen molar-refractivity contribution in [1.29, 1.82) is 0 Å². The summed E-state index contributed by atoms with van der Waals surface area (Å²) in [5, 5.41) is -0.586. The highest BCUT2D eigenvalue weighted by atomic mass is 32.2. The number of likely N-dealkylation sites (tertiary alicyclic amines) is 1. The molecule has 1 aromatic carbocycles. The van der Waals surface area contributed by atoms with Crippen LogP contribution in [0.3, 0.4) is 0 Å². The van der Waals surface area contributed by atoms with Gasteiger partial charge in [0.1, 0.15) is 5.25 Å². The number of sulfone groups is 1. The number of carbonyl (C=O) groups excluding carboxylic acids is 1. The van der Waals surface area contributed by atoms with Crippen molar-refractivity contribution in [1.82, 2.24) is 14.5 Å². The molecule has 0 aliphatic carbocycles. The second-order valence-electron chi connectivity index (χ2n) is 6.18. The van der Waals surface area contributed by atoms with Gasteiger partial charge in [-0.2, -0.15) is 0 Å². The van der Waals surface area contributed by atoms with Crippen LogP contribution in [-0.4, -0.2) is 53.9 Å². The summed E-state index contributed by atoms with van der Waals surface area (Å²) in [5.74, 6) is 1.09. The lowest BCUT2D eigenvalue weighted by atomic mass is 10.1. The van der Waals surface area contributed by atoms with Gasteiger partial charge in [0.05, 0.1) is 0 Å². The molecule has 1 aromatic heterocycles. The Bertz CT molecular complexity index is 990. The Hall–Kier alpha value is -2.81. The number of amides is 1. The molecular weight excluding hydrogens is 358 g/mol. The highest BCUT2D eigenvalue weighted by Gasteiger charge is 2.41. The number of hydrogen-bond acceptors (Lipinski definition) is 6. The van der Waals surface area contributed by atoms with Crippen molar-refractivity contribution in [3.05, 3.63) is 42.2 Å². The Morgan fingerprint density at radius 1 is 1.27 bits per heavy atom. The number of rotatable bonds is 4. The average Bonchev–Trinajstić information content (AvgIpc) is 3.19. The van der Waals surface area contributed by atoms with Crippen molar-refractivity contribution in [3.8, 4) is 11.5 Å². The van der Waals surface area contributed by atoms with E-state index in [4.69, 9.17) is 9.47 Å². The maximum Gasteiger partial charge on any atom is 0.246 e. The number of nitrogens with zero attached hydrogens (tertiary/aromatic N) is 3. The highest BCUT2D eigenvalue weighted by Crippen LogP contribution is 2.32. The number of ether oxygens (including phenoxy) is 2. The lowest BCUT2D eigenvalue weighted by Gasteiger charge is -2.37. The summed E-state index contributed by atoms with van der Waals surface area (Å²) in [4.78, 5) is 17.6. The fraction of sp³-hybridized carbons (Fsp3) is 0.294. The van der Waals surface area contributed by atoms with Gasteiger partial charge in [0, 0.05) is 38.6 Å². The van der Waals surface area contributed by atoms with E-state index >= 15 is 0 Å². The van der Waals surface area contributed by atoms with Crippen LogP contribution in [0.2, 0.25) is 0 Å². The van der Waals surface area contributed by atoms with Crippen LogP contribution in [0.15, 0.2) is 41.8 Å². The van der Waals surface area contributed by atoms with Gasteiger partial charge in [0.25, 0.3) is 0 Å². The normalized spacial score (nSPS) is 16.9. The smallest absolute Gasteiger partial charge is 0.246 e. The highest BCUT2D eigenvalue weighted by molar-refractivity contribution is 7.92. The van der Waals surface area contributed by atoms with Gasteiger partial charge in [-0.25, -0.2) is 13.4 Å². The second-order valence-corrected chi connectivity index (χ2v) is 8.30. The van der Waals surface area contributed by atoms with Gasteiger partial charge in [-0.15, -0.1) is 0 Å². The number of carbonyl (C=O) groups is 1. The van der Waals surface area contributed by atoms with E-state index in [0.29, 0.717) is 11.5 Å². The molecular formula is C17H17N3O5S. The fourth-order valence-corrected chi connectivity index (χ4v) is 4.60. The molecule has 136 valence electrons. The van der Waals surface area contributed by atoms with Crippen LogP contribution in [0.5, 0.6) is 11.5 Å². The third kappa shape index (κ3) is 2.84. The average molecular weight is 375 g/mol. The fourth-order valence-electron chi connectivity index (χ4n) is 2.88. The lowest BCUT2D eigenvalue weighted by molar-refractivity contribution is -0.128. The van der Waals surface area contributed by atoms with Gasteiger partial charge in [0.15, 0.2) is 11.5 Å². The molecule has 0 atom stereocenters. The molecule has 0 saturated carbocycles. The summed E-state index contributed by atoms with van der Waals surface area (Å²) >= 11 is 0. The van der Waals surface area contributed by atoms with Crippen molar-refractivity contribution < 1.29 is 22.7 Å². The van der Waals surface area contributed by atoms with Gasteiger partial charge in [-0.1, -0.05) is 6.07 Å². The van der Waals surface area contributed by atoms with Gasteiger partial charge in [-0.05, 0) is 23.8 Å². The molecule has 8 nitrogen and oxygen atoms in total. The van der Waals surface area contributed by atoms with Crippen molar-refractivity contribution in [3.63, 3.8) is 0 Å². The first-order valence-electron chi connectivity index (χ1n) is 8.03. The van der Waals surface area contributed by atoms with E-state index < -0.39 is 15.1 Å². The van der Waals surface area contributed by atoms with E-state index in [-0.39, 0.29) is 30.9 Å².